The number of aliphatic hydroxyl groups is 1. The molecule has 6 aromatic rings. The summed E-state index contributed by atoms with van der Waals surface area (Å²) in [6.45, 7) is 3.73. The first kappa shape index (κ1) is 47.5. The fraction of sp³-hybridized carbons (Fsp3) is 0.354. The van der Waals surface area contributed by atoms with Crippen molar-refractivity contribution in [2.24, 2.45) is 0 Å². The molecule has 1 aliphatic heterocycles. The number of aromatic amines is 1. The van der Waals surface area contributed by atoms with Crippen LogP contribution in [0.3, 0.4) is 0 Å². The lowest BCUT2D eigenvalue weighted by atomic mass is 9.92. The molecule has 0 unspecified atom stereocenters. The molecule has 0 radical (unpaired) electrons. The number of phenols is 1. The zero-order chi connectivity index (χ0) is 46.7. The number of carbonyl (C=O) groups excluding carboxylic acids is 4. The highest BCUT2D eigenvalue weighted by Crippen LogP contribution is 2.42. The van der Waals surface area contributed by atoms with Crippen LogP contribution in [0.2, 0.25) is 10.0 Å². The quantitative estimate of drug-likeness (QED) is 0.0406. The molecule has 0 fully saturated rings. The number of aliphatic hydroxyl groups excluding tert-OH is 1. The number of hydrogen-bond donors (Lipinski definition) is 7. The average molecular weight is 938 g/mol. The van der Waals surface area contributed by atoms with Gasteiger partial charge in [0, 0.05) is 109 Å². The first-order valence-electron chi connectivity index (χ1n) is 22.2. The maximum absolute atomic E-state index is 12.8. The number of benzene rings is 2. The molecule has 16 nitrogen and oxygen atoms in total. The maximum Gasteiger partial charge on any atom is 0.269 e. The smallest absolute Gasteiger partial charge is 0.269 e. The Bertz CT molecular complexity index is 2700. The molecule has 66 heavy (non-hydrogen) atoms. The first-order valence-corrected chi connectivity index (χ1v) is 23.0. The second-order valence-corrected chi connectivity index (χ2v) is 17.0. The van der Waals surface area contributed by atoms with Gasteiger partial charge in [-0.3, -0.25) is 28.8 Å². The Hall–Kier alpha value is -6.49. The SMILES string of the molecule is CCc1c(-c2ccc(C(=O)NCCNC(=O)CCCCCCCC(=O)NCCn3ccc(-c4cc(Cl)c(Cl)c5[nH]c6c(c45)CN(C(=O)CO)CC6)n3)nc2)cnc(N)c1-c1ccc(O)cc1. The topological polar surface area (TPSA) is 233 Å². The third-order valence-corrected chi connectivity index (χ3v) is 12.6. The summed E-state index contributed by atoms with van der Waals surface area (Å²) in [6, 6.07) is 13.9. The second kappa shape index (κ2) is 22.1. The summed E-state index contributed by atoms with van der Waals surface area (Å²) >= 11 is 13.1. The van der Waals surface area contributed by atoms with Crippen molar-refractivity contribution >= 4 is 63.6 Å². The van der Waals surface area contributed by atoms with Gasteiger partial charge in [0.2, 0.25) is 17.7 Å². The molecule has 0 atom stereocenters. The Labute approximate surface area is 392 Å². The minimum atomic E-state index is -0.550. The molecule has 1 aliphatic rings. The zero-order valence-electron chi connectivity index (χ0n) is 36.8. The van der Waals surface area contributed by atoms with Gasteiger partial charge in [0.15, 0.2) is 0 Å². The number of H-pyrrole nitrogens is 1. The Kier molecular flexibility index (Phi) is 15.9. The highest BCUT2D eigenvalue weighted by molar-refractivity contribution is 6.45. The van der Waals surface area contributed by atoms with Crippen LogP contribution in [0, 0.1) is 0 Å². The summed E-state index contributed by atoms with van der Waals surface area (Å²) in [5.41, 5.74) is 14.8. The van der Waals surface area contributed by atoms with E-state index in [-0.39, 0.29) is 41.6 Å². The van der Waals surface area contributed by atoms with Crippen LogP contribution in [0.4, 0.5) is 5.82 Å². The minimum Gasteiger partial charge on any atom is -0.508 e. The van der Waals surface area contributed by atoms with Crippen LogP contribution in [-0.4, -0.2) is 96.3 Å². The number of halogens is 2. The lowest BCUT2D eigenvalue weighted by Gasteiger charge is -2.26. The number of nitrogen functional groups attached to an aromatic ring is 1. The Morgan fingerprint density at radius 1 is 0.848 bits per heavy atom. The molecule has 0 spiro atoms. The lowest BCUT2D eigenvalue weighted by Crippen LogP contribution is -2.37. The van der Waals surface area contributed by atoms with E-state index in [1.54, 1.807) is 58.4 Å². The highest BCUT2D eigenvalue weighted by atomic mass is 35.5. The second-order valence-electron chi connectivity index (χ2n) is 16.2. The van der Waals surface area contributed by atoms with Crippen LogP contribution in [-0.2, 0) is 40.3 Å². The van der Waals surface area contributed by atoms with Crippen molar-refractivity contribution in [2.75, 3.05) is 38.5 Å². The van der Waals surface area contributed by atoms with Gasteiger partial charge in [0.05, 0.1) is 27.8 Å². The molecular formula is C48H54Cl2N10O6. The van der Waals surface area contributed by atoms with Crippen molar-refractivity contribution < 1.29 is 29.4 Å². The Morgan fingerprint density at radius 2 is 1.55 bits per heavy atom. The minimum absolute atomic E-state index is 0.0312. The Balaban J connectivity index is 0.757. The number of hydrogen-bond acceptors (Lipinski definition) is 10. The predicted octanol–water partition coefficient (Wildman–Crippen LogP) is 6.58. The number of nitrogens with two attached hydrogens (primary N) is 1. The molecule has 346 valence electrons. The summed E-state index contributed by atoms with van der Waals surface area (Å²) in [5.74, 6) is -0.241. The molecule has 0 bridgehead atoms. The molecule has 7 rings (SSSR count). The molecule has 0 aliphatic carbocycles. The summed E-state index contributed by atoms with van der Waals surface area (Å²) < 4.78 is 1.76. The molecule has 4 aromatic heterocycles. The number of nitrogens with one attached hydrogen (secondary N) is 4. The zero-order valence-corrected chi connectivity index (χ0v) is 38.3. The van der Waals surface area contributed by atoms with E-state index in [0.717, 1.165) is 82.1 Å². The fourth-order valence-electron chi connectivity index (χ4n) is 8.36. The van der Waals surface area contributed by atoms with Gasteiger partial charge in [-0.25, -0.2) is 4.98 Å². The van der Waals surface area contributed by atoms with Gasteiger partial charge in [-0.15, -0.1) is 0 Å². The van der Waals surface area contributed by atoms with E-state index < -0.39 is 6.61 Å². The van der Waals surface area contributed by atoms with E-state index >= 15 is 0 Å². The van der Waals surface area contributed by atoms with E-state index in [4.69, 9.17) is 34.0 Å². The normalized spacial score (nSPS) is 12.3. The highest BCUT2D eigenvalue weighted by Gasteiger charge is 2.27. The Morgan fingerprint density at radius 3 is 2.24 bits per heavy atom. The van der Waals surface area contributed by atoms with Crippen LogP contribution in [0.1, 0.15) is 79.2 Å². The number of aromatic hydroxyl groups is 1. The van der Waals surface area contributed by atoms with E-state index in [2.05, 4.69) is 30.9 Å². The molecule has 2 aromatic carbocycles. The average Bonchev–Trinajstić information content (AvgIpc) is 3.96. The summed E-state index contributed by atoms with van der Waals surface area (Å²) in [4.78, 5) is 63.8. The van der Waals surface area contributed by atoms with Crippen LogP contribution in [0.15, 0.2) is 67.1 Å². The number of anilines is 1. The van der Waals surface area contributed by atoms with Crippen molar-refractivity contribution in [1.29, 1.82) is 0 Å². The number of fused-ring (bicyclic) bond motifs is 3. The van der Waals surface area contributed by atoms with Crippen molar-refractivity contribution in [3.05, 3.63) is 99.7 Å². The van der Waals surface area contributed by atoms with E-state index in [1.807, 2.05) is 25.3 Å². The number of carbonyl (C=O) groups is 4. The molecule has 0 saturated heterocycles. The molecule has 0 saturated carbocycles. The monoisotopic (exact) mass is 936 g/mol. The van der Waals surface area contributed by atoms with Crippen molar-refractivity contribution in [3.8, 4) is 39.3 Å². The molecular weight excluding hydrogens is 883 g/mol. The number of rotatable bonds is 20. The van der Waals surface area contributed by atoms with Crippen molar-refractivity contribution in [2.45, 2.75) is 77.8 Å². The van der Waals surface area contributed by atoms with Crippen molar-refractivity contribution in [1.82, 2.24) is 45.6 Å². The lowest BCUT2D eigenvalue weighted by molar-refractivity contribution is -0.135. The van der Waals surface area contributed by atoms with E-state index in [9.17, 15) is 29.4 Å². The largest absolute Gasteiger partial charge is 0.508 e. The van der Waals surface area contributed by atoms with E-state index in [0.29, 0.717) is 85.5 Å². The molecule has 5 heterocycles. The van der Waals surface area contributed by atoms with Crippen LogP contribution < -0.4 is 21.7 Å². The van der Waals surface area contributed by atoms with Crippen LogP contribution in [0.5, 0.6) is 5.75 Å². The van der Waals surface area contributed by atoms with Gasteiger partial charge < -0.3 is 41.8 Å². The van der Waals surface area contributed by atoms with E-state index in [1.165, 1.54) is 0 Å². The standard InChI is InChI=1S/C48H54Cl2N10O6/c1-2-32-34(26-56-47(51)43(32)29-10-13-31(62)14-11-29)30-12-15-39(55-25-30)48(66)54-19-18-52-40(63)8-6-4-3-5-7-9-41(64)53-20-23-60-22-17-38(58-60)33-24-36(49)45(50)46-44(33)35-27-59(42(65)28-61)21-16-37(35)57-46/h10-15,17,22,24-26,57,61-62H,2-9,16,18-21,23,27-28H2,1H3,(H2,51,56)(H,52,63)(H,53,64)(H,54,66). The van der Waals surface area contributed by atoms with Gasteiger partial charge in [-0.05, 0) is 60.7 Å². The molecule has 8 N–H and O–H groups in total. The van der Waals surface area contributed by atoms with Crippen LogP contribution in [0.25, 0.3) is 44.4 Å². The third-order valence-electron chi connectivity index (χ3n) is 11.8. The molecule has 18 heteroatoms. The number of nitrogens with zero attached hydrogens (tertiary/aromatic N) is 5. The third kappa shape index (κ3) is 11.3. The molecule has 4 amide bonds. The number of amides is 4. The van der Waals surface area contributed by atoms with Gasteiger partial charge >= 0.3 is 0 Å². The van der Waals surface area contributed by atoms with Gasteiger partial charge in [0.1, 0.15) is 23.9 Å². The summed E-state index contributed by atoms with van der Waals surface area (Å²) in [6.07, 6.45) is 11.4. The van der Waals surface area contributed by atoms with Gasteiger partial charge in [-0.2, -0.15) is 5.10 Å². The van der Waals surface area contributed by atoms with Crippen molar-refractivity contribution in [3.63, 3.8) is 0 Å². The number of pyridine rings is 2. The predicted molar refractivity (Wildman–Crippen MR) is 255 cm³/mol. The number of phenolic OH excluding ortho intramolecular Hbond substituents is 1. The summed E-state index contributed by atoms with van der Waals surface area (Å²) in [7, 11) is 0. The first-order chi connectivity index (χ1) is 31.9. The fourth-order valence-corrected chi connectivity index (χ4v) is 8.76. The van der Waals surface area contributed by atoms with Crippen LogP contribution >= 0.6 is 23.2 Å². The van der Waals surface area contributed by atoms with Gasteiger partial charge in [0.25, 0.3) is 5.91 Å². The maximum atomic E-state index is 12.8. The number of unbranched alkanes of at least 4 members (excludes halogenated alkanes) is 4. The van der Waals surface area contributed by atoms with Gasteiger partial charge in [-0.1, -0.05) is 67.6 Å². The number of aromatic nitrogens is 5. The summed E-state index contributed by atoms with van der Waals surface area (Å²) in [5, 5.41) is 34.2.